The highest BCUT2D eigenvalue weighted by Gasteiger charge is 1.98. The van der Waals surface area contributed by atoms with Gasteiger partial charge in [-0.05, 0) is 12.3 Å². The smallest absolute Gasteiger partial charge is 0.0456 e. The first-order valence-electron chi connectivity index (χ1n) is 5.92. The molecule has 0 saturated heterocycles. The second-order valence-corrected chi connectivity index (χ2v) is 4.20. The van der Waals surface area contributed by atoms with Crippen LogP contribution >= 0.6 is 0 Å². The van der Waals surface area contributed by atoms with Gasteiger partial charge in [0.2, 0.25) is 0 Å². The van der Waals surface area contributed by atoms with Crippen molar-refractivity contribution < 1.29 is 5.11 Å². The first-order chi connectivity index (χ1) is 6.31. The molecule has 0 radical (unpaired) electrons. The summed E-state index contributed by atoms with van der Waals surface area (Å²) < 4.78 is 0. The van der Waals surface area contributed by atoms with E-state index >= 15 is 0 Å². The van der Waals surface area contributed by atoms with E-state index in [0.29, 0.717) is 12.5 Å². The number of aliphatic hydroxyl groups is 1. The molecule has 0 aliphatic rings. The van der Waals surface area contributed by atoms with Crippen LogP contribution in [0.4, 0.5) is 0 Å². The fourth-order valence-corrected chi connectivity index (χ4v) is 1.54. The lowest BCUT2D eigenvalue weighted by atomic mass is 10.0. The van der Waals surface area contributed by atoms with Crippen LogP contribution in [-0.4, -0.2) is 11.7 Å². The van der Waals surface area contributed by atoms with Crippen molar-refractivity contribution in [3.05, 3.63) is 0 Å². The highest BCUT2D eigenvalue weighted by atomic mass is 16.3. The van der Waals surface area contributed by atoms with Crippen molar-refractivity contribution in [3.8, 4) is 0 Å². The van der Waals surface area contributed by atoms with E-state index in [-0.39, 0.29) is 0 Å². The van der Waals surface area contributed by atoms with Gasteiger partial charge >= 0.3 is 0 Å². The third-order valence-corrected chi connectivity index (χ3v) is 2.61. The Kier molecular flexibility index (Phi) is 10.0. The third-order valence-electron chi connectivity index (χ3n) is 2.61. The Morgan fingerprint density at radius 3 is 2.00 bits per heavy atom. The summed E-state index contributed by atoms with van der Waals surface area (Å²) >= 11 is 0. The van der Waals surface area contributed by atoms with Gasteiger partial charge in [-0.25, -0.2) is 0 Å². The van der Waals surface area contributed by atoms with Gasteiger partial charge < -0.3 is 5.11 Å². The minimum Gasteiger partial charge on any atom is -0.396 e. The molecule has 0 aliphatic heterocycles. The minimum absolute atomic E-state index is 0.357. The van der Waals surface area contributed by atoms with Crippen molar-refractivity contribution in [1.82, 2.24) is 0 Å². The molecule has 1 nitrogen and oxygen atoms in total. The number of unbranched alkanes of at least 4 members (excludes halogenated alkanes) is 6. The van der Waals surface area contributed by atoms with Crippen LogP contribution in [-0.2, 0) is 0 Å². The average Bonchev–Trinajstić information content (AvgIpc) is 2.16. The molecule has 0 aromatic heterocycles. The summed E-state index contributed by atoms with van der Waals surface area (Å²) in [5, 5.41) is 8.81. The van der Waals surface area contributed by atoms with Crippen LogP contribution in [0.5, 0.6) is 0 Å². The molecule has 0 aromatic rings. The van der Waals surface area contributed by atoms with Crippen LogP contribution in [0.25, 0.3) is 0 Å². The van der Waals surface area contributed by atoms with E-state index in [1.165, 1.54) is 51.4 Å². The maximum absolute atomic E-state index is 8.81. The van der Waals surface area contributed by atoms with Crippen molar-refractivity contribution in [2.45, 2.75) is 65.2 Å². The molecule has 0 rings (SSSR count). The predicted octanol–water partition coefficient (Wildman–Crippen LogP) is 3.76. The maximum atomic E-state index is 8.81. The van der Waals surface area contributed by atoms with Gasteiger partial charge in [-0.1, -0.05) is 58.8 Å². The van der Waals surface area contributed by atoms with Gasteiger partial charge in [0.05, 0.1) is 0 Å². The normalized spacial score (nSPS) is 13.2. The van der Waals surface area contributed by atoms with Gasteiger partial charge in [0.1, 0.15) is 0 Å². The lowest BCUT2D eigenvalue weighted by Crippen LogP contribution is -1.99. The highest BCUT2D eigenvalue weighted by molar-refractivity contribution is 4.51. The highest BCUT2D eigenvalue weighted by Crippen LogP contribution is 2.11. The molecule has 80 valence electrons. The van der Waals surface area contributed by atoms with Crippen LogP contribution in [0.2, 0.25) is 0 Å². The Labute approximate surface area is 83.5 Å². The summed E-state index contributed by atoms with van der Waals surface area (Å²) in [5.41, 5.74) is 0. The summed E-state index contributed by atoms with van der Waals surface area (Å²) in [6, 6.07) is 0. The largest absolute Gasteiger partial charge is 0.396 e. The SMILES string of the molecule is CCCCCCCCCC(C)CO. The van der Waals surface area contributed by atoms with E-state index < -0.39 is 0 Å². The zero-order valence-corrected chi connectivity index (χ0v) is 9.39. The molecule has 0 aliphatic carbocycles. The topological polar surface area (TPSA) is 20.2 Å². The maximum Gasteiger partial charge on any atom is 0.0456 e. The molecule has 1 heteroatoms. The average molecular weight is 186 g/mol. The molecule has 1 atom stereocenters. The van der Waals surface area contributed by atoms with E-state index in [1.807, 2.05) is 0 Å². The molecular weight excluding hydrogens is 160 g/mol. The van der Waals surface area contributed by atoms with E-state index in [9.17, 15) is 0 Å². The lowest BCUT2D eigenvalue weighted by molar-refractivity contribution is 0.227. The Bertz CT molecular complexity index is 91.1. The van der Waals surface area contributed by atoms with E-state index in [1.54, 1.807) is 0 Å². The third kappa shape index (κ3) is 9.88. The Morgan fingerprint density at radius 2 is 1.46 bits per heavy atom. The molecular formula is C12H26O. The second kappa shape index (κ2) is 10.0. The quantitative estimate of drug-likeness (QED) is 0.544. The van der Waals surface area contributed by atoms with Crippen LogP contribution in [0, 0.1) is 5.92 Å². The van der Waals surface area contributed by atoms with Crippen molar-refractivity contribution in [2.75, 3.05) is 6.61 Å². The molecule has 0 saturated carbocycles. The van der Waals surface area contributed by atoms with Crippen LogP contribution in [0.1, 0.15) is 65.2 Å². The zero-order chi connectivity index (χ0) is 9.94. The van der Waals surface area contributed by atoms with E-state index in [4.69, 9.17) is 5.11 Å². The van der Waals surface area contributed by atoms with Gasteiger partial charge in [-0.15, -0.1) is 0 Å². The van der Waals surface area contributed by atoms with Gasteiger partial charge in [-0.2, -0.15) is 0 Å². The molecule has 0 spiro atoms. The zero-order valence-electron chi connectivity index (χ0n) is 9.39. The summed E-state index contributed by atoms with van der Waals surface area (Å²) in [6.07, 6.45) is 10.8. The van der Waals surface area contributed by atoms with Crippen LogP contribution in [0.3, 0.4) is 0 Å². The van der Waals surface area contributed by atoms with Gasteiger partial charge in [-0.3, -0.25) is 0 Å². The number of rotatable bonds is 9. The van der Waals surface area contributed by atoms with E-state index in [0.717, 1.165) is 0 Å². The predicted molar refractivity (Wildman–Crippen MR) is 58.9 cm³/mol. The molecule has 0 amide bonds. The Hall–Kier alpha value is -0.0400. The van der Waals surface area contributed by atoms with Crippen molar-refractivity contribution in [2.24, 2.45) is 5.92 Å². The first kappa shape index (κ1) is 13.0. The van der Waals surface area contributed by atoms with Gasteiger partial charge in [0.15, 0.2) is 0 Å². The second-order valence-electron chi connectivity index (χ2n) is 4.20. The van der Waals surface area contributed by atoms with Gasteiger partial charge in [0, 0.05) is 6.61 Å². The molecule has 0 fully saturated rings. The minimum atomic E-state index is 0.357. The number of aliphatic hydroxyl groups excluding tert-OH is 1. The molecule has 1 N–H and O–H groups in total. The standard InChI is InChI=1S/C12H26O/c1-3-4-5-6-7-8-9-10-12(2)11-13/h12-13H,3-11H2,1-2H3. The molecule has 13 heavy (non-hydrogen) atoms. The molecule has 0 bridgehead atoms. The van der Waals surface area contributed by atoms with E-state index in [2.05, 4.69) is 13.8 Å². The fraction of sp³-hybridized carbons (Fsp3) is 1.00. The van der Waals surface area contributed by atoms with Gasteiger partial charge in [0.25, 0.3) is 0 Å². The molecule has 0 heterocycles. The van der Waals surface area contributed by atoms with Crippen LogP contribution in [0.15, 0.2) is 0 Å². The number of hydrogen-bond acceptors (Lipinski definition) is 1. The summed E-state index contributed by atoms with van der Waals surface area (Å²) in [7, 11) is 0. The monoisotopic (exact) mass is 186 g/mol. The fourth-order valence-electron chi connectivity index (χ4n) is 1.54. The van der Waals surface area contributed by atoms with Crippen LogP contribution < -0.4 is 0 Å². The molecule has 0 aromatic carbocycles. The summed E-state index contributed by atoms with van der Waals surface area (Å²) in [4.78, 5) is 0. The van der Waals surface area contributed by atoms with Crippen molar-refractivity contribution in [1.29, 1.82) is 0 Å². The Morgan fingerprint density at radius 1 is 0.923 bits per heavy atom. The van der Waals surface area contributed by atoms with Crippen molar-refractivity contribution in [3.63, 3.8) is 0 Å². The Balaban J connectivity index is 2.91. The first-order valence-corrected chi connectivity index (χ1v) is 5.92. The molecule has 1 unspecified atom stereocenters. The lowest BCUT2D eigenvalue weighted by Gasteiger charge is -2.06. The summed E-state index contributed by atoms with van der Waals surface area (Å²) in [6.45, 7) is 4.73. The number of hydrogen-bond donors (Lipinski definition) is 1. The van der Waals surface area contributed by atoms with Crippen molar-refractivity contribution >= 4 is 0 Å². The summed E-state index contributed by atoms with van der Waals surface area (Å²) in [5.74, 6) is 0.510.